The highest BCUT2D eigenvalue weighted by molar-refractivity contribution is 9.13. The fourth-order valence-corrected chi connectivity index (χ4v) is 1.83. The molecule has 0 spiro atoms. The van der Waals surface area contributed by atoms with Gasteiger partial charge in [0.1, 0.15) is 11.5 Å². The number of hydrogen-bond donors (Lipinski definition) is 1. The van der Waals surface area contributed by atoms with Crippen molar-refractivity contribution in [1.82, 2.24) is 0 Å². The van der Waals surface area contributed by atoms with Crippen molar-refractivity contribution in [2.45, 2.75) is 6.92 Å². The third-order valence-electron chi connectivity index (χ3n) is 1.56. The Labute approximate surface area is 87.8 Å². The van der Waals surface area contributed by atoms with E-state index in [0.717, 1.165) is 10.0 Å². The van der Waals surface area contributed by atoms with Gasteiger partial charge >= 0.3 is 0 Å². The Hall–Kier alpha value is -0.220. The molecule has 0 heterocycles. The lowest BCUT2D eigenvalue weighted by Crippen LogP contribution is -1.87. The predicted molar refractivity (Wildman–Crippen MR) is 54.8 cm³/mol. The first-order valence-corrected chi connectivity index (χ1v) is 4.88. The van der Waals surface area contributed by atoms with Crippen LogP contribution in [0.3, 0.4) is 0 Å². The van der Waals surface area contributed by atoms with Gasteiger partial charge in [0.05, 0.1) is 16.1 Å². The average Bonchev–Trinajstić information content (AvgIpc) is 2.08. The van der Waals surface area contributed by atoms with Crippen molar-refractivity contribution in [3.05, 3.63) is 20.6 Å². The zero-order valence-electron chi connectivity index (χ0n) is 6.69. The van der Waals surface area contributed by atoms with Crippen molar-refractivity contribution < 1.29 is 9.84 Å². The van der Waals surface area contributed by atoms with Gasteiger partial charge in [0.15, 0.2) is 0 Å². The molecule has 0 aromatic heterocycles. The molecule has 1 aromatic carbocycles. The first-order valence-electron chi connectivity index (χ1n) is 3.29. The number of ether oxygens (including phenoxy) is 1. The van der Waals surface area contributed by atoms with E-state index >= 15 is 0 Å². The summed E-state index contributed by atoms with van der Waals surface area (Å²) in [5.41, 5.74) is 0.780. The van der Waals surface area contributed by atoms with Crippen molar-refractivity contribution in [3.63, 3.8) is 0 Å². The summed E-state index contributed by atoms with van der Waals surface area (Å²) in [5.74, 6) is 0.944. The van der Waals surface area contributed by atoms with Crippen LogP contribution in [0.15, 0.2) is 15.0 Å². The summed E-state index contributed by atoms with van der Waals surface area (Å²) in [6.07, 6.45) is 0. The summed E-state index contributed by atoms with van der Waals surface area (Å²) in [6.45, 7) is 1.81. The maximum Gasteiger partial charge on any atom is 0.134 e. The molecule has 0 saturated heterocycles. The molecule has 4 heteroatoms. The molecular weight excluding hydrogens is 288 g/mol. The largest absolute Gasteiger partial charge is 0.506 e. The Balaban J connectivity index is 3.39. The molecule has 1 N–H and O–H groups in total. The summed E-state index contributed by atoms with van der Waals surface area (Å²) in [6, 6.07) is 1.77. The van der Waals surface area contributed by atoms with Crippen LogP contribution in [0.4, 0.5) is 0 Å². The zero-order valence-corrected chi connectivity index (χ0v) is 9.86. The number of aryl methyl sites for hydroxylation is 1. The Kier molecular flexibility index (Phi) is 3.01. The highest BCUT2D eigenvalue weighted by Gasteiger charge is 2.11. The molecule has 0 radical (unpaired) electrons. The second-order valence-corrected chi connectivity index (χ2v) is 3.96. The molecule has 66 valence electrons. The van der Waals surface area contributed by atoms with Crippen LogP contribution in [0.5, 0.6) is 11.5 Å². The number of benzene rings is 1. The van der Waals surface area contributed by atoms with E-state index in [1.165, 1.54) is 0 Å². The normalized spacial score (nSPS) is 10.0. The number of hydrogen-bond acceptors (Lipinski definition) is 2. The van der Waals surface area contributed by atoms with Crippen molar-refractivity contribution in [2.24, 2.45) is 0 Å². The highest BCUT2D eigenvalue weighted by atomic mass is 79.9. The third kappa shape index (κ3) is 1.59. The van der Waals surface area contributed by atoms with Crippen LogP contribution < -0.4 is 4.74 Å². The molecule has 0 aliphatic carbocycles. The molecule has 0 atom stereocenters. The molecule has 1 aromatic rings. The second-order valence-electron chi connectivity index (χ2n) is 2.37. The number of aromatic hydroxyl groups is 1. The van der Waals surface area contributed by atoms with Gasteiger partial charge in [-0.25, -0.2) is 0 Å². The SMILES string of the molecule is COc1cc(C)c(O)c(Br)c1Br. The van der Waals surface area contributed by atoms with Gasteiger partial charge in [0.2, 0.25) is 0 Å². The van der Waals surface area contributed by atoms with Crippen LogP contribution >= 0.6 is 31.9 Å². The number of halogens is 2. The monoisotopic (exact) mass is 294 g/mol. The zero-order chi connectivity index (χ0) is 9.30. The number of rotatable bonds is 1. The van der Waals surface area contributed by atoms with E-state index in [-0.39, 0.29) is 5.75 Å². The van der Waals surface area contributed by atoms with Crippen LogP contribution in [0.25, 0.3) is 0 Å². The minimum absolute atomic E-state index is 0.239. The van der Waals surface area contributed by atoms with Gasteiger partial charge in [-0.3, -0.25) is 0 Å². The van der Waals surface area contributed by atoms with E-state index in [4.69, 9.17) is 4.74 Å². The van der Waals surface area contributed by atoms with Gasteiger partial charge in [-0.05, 0) is 50.4 Å². The third-order valence-corrected chi connectivity index (χ3v) is 3.65. The first kappa shape index (κ1) is 9.86. The maximum atomic E-state index is 9.47. The van der Waals surface area contributed by atoms with Crippen molar-refractivity contribution in [2.75, 3.05) is 7.11 Å². The van der Waals surface area contributed by atoms with E-state index in [0.29, 0.717) is 10.2 Å². The van der Waals surface area contributed by atoms with E-state index in [1.54, 1.807) is 13.2 Å². The minimum Gasteiger partial charge on any atom is -0.506 e. The molecule has 0 amide bonds. The van der Waals surface area contributed by atoms with Gasteiger partial charge < -0.3 is 9.84 Å². The lowest BCUT2D eigenvalue weighted by Gasteiger charge is -2.08. The van der Waals surface area contributed by atoms with Crippen LogP contribution in [-0.2, 0) is 0 Å². The number of phenols is 1. The van der Waals surface area contributed by atoms with Crippen molar-refractivity contribution >= 4 is 31.9 Å². The predicted octanol–water partition coefficient (Wildman–Crippen LogP) is 3.23. The van der Waals surface area contributed by atoms with Gasteiger partial charge in [-0.15, -0.1) is 0 Å². The van der Waals surface area contributed by atoms with Gasteiger partial charge in [0.25, 0.3) is 0 Å². The van der Waals surface area contributed by atoms with Crippen molar-refractivity contribution in [3.8, 4) is 11.5 Å². The lowest BCUT2D eigenvalue weighted by atomic mass is 10.2. The number of methoxy groups -OCH3 is 1. The molecule has 2 nitrogen and oxygen atoms in total. The highest BCUT2D eigenvalue weighted by Crippen LogP contribution is 2.40. The summed E-state index contributed by atoms with van der Waals surface area (Å²) in [5, 5.41) is 9.47. The first-order chi connectivity index (χ1) is 5.57. The topological polar surface area (TPSA) is 29.5 Å². The second kappa shape index (κ2) is 3.66. The lowest BCUT2D eigenvalue weighted by molar-refractivity contribution is 0.407. The molecule has 12 heavy (non-hydrogen) atoms. The molecule has 0 bridgehead atoms. The van der Waals surface area contributed by atoms with Gasteiger partial charge in [-0.1, -0.05) is 0 Å². The van der Waals surface area contributed by atoms with E-state index in [9.17, 15) is 5.11 Å². The average molecular weight is 296 g/mol. The van der Waals surface area contributed by atoms with Crippen LogP contribution in [0.2, 0.25) is 0 Å². The van der Waals surface area contributed by atoms with Gasteiger partial charge in [0, 0.05) is 0 Å². The van der Waals surface area contributed by atoms with E-state index in [1.807, 2.05) is 6.92 Å². The summed E-state index contributed by atoms with van der Waals surface area (Å²) < 4.78 is 6.43. The number of phenolic OH excluding ortho intramolecular Hbond substituents is 1. The van der Waals surface area contributed by atoms with Crippen LogP contribution in [0, 0.1) is 6.92 Å². The quantitative estimate of drug-likeness (QED) is 0.862. The van der Waals surface area contributed by atoms with E-state index in [2.05, 4.69) is 31.9 Å². The summed E-state index contributed by atoms with van der Waals surface area (Å²) >= 11 is 6.54. The minimum atomic E-state index is 0.239. The molecule has 0 aliphatic heterocycles. The smallest absolute Gasteiger partial charge is 0.134 e. The standard InChI is InChI=1S/C8H8Br2O2/c1-4-3-5(12-2)6(9)7(10)8(4)11/h3,11H,1-2H3. The Bertz CT molecular complexity index is 310. The molecule has 0 fully saturated rings. The fraction of sp³-hybridized carbons (Fsp3) is 0.250. The Morgan fingerprint density at radius 1 is 1.33 bits per heavy atom. The van der Waals surface area contributed by atoms with Crippen LogP contribution in [0.1, 0.15) is 5.56 Å². The summed E-state index contributed by atoms with van der Waals surface area (Å²) in [7, 11) is 1.59. The van der Waals surface area contributed by atoms with Crippen LogP contribution in [-0.4, -0.2) is 12.2 Å². The molecule has 1 rings (SSSR count). The fourth-order valence-electron chi connectivity index (χ4n) is 0.862. The molecule has 0 saturated carbocycles. The summed E-state index contributed by atoms with van der Waals surface area (Å²) in [4.78, 5) is 0. The maximum absolute atomic E-state index is 9.47. The van der Waals surface area contributed by atoms with Gasteiger partial charge in [-0.2, -0.15) is 0 Å². The Morgan fingerprint density at radius 3 is 2.42 bits per heavy atom. The van der Waals surface area contributed by atoms with E-state index < -0.39 is 0 Å². The molecule has 0 unspecified atom stereocenters. The Morgan fingerprint density at radius 2 is 1.92 bits per heavy atom. The molecular formula is C8H8Br2O2. The molecule has 0 aliphatic rings. The van der Waals surface area contributed by atoms with Crippen molar-refractivity contribution in [1.29, 1.82) is 0 Å².